The molecule has 0 unspecified atom stereocenters. The van der Waals surface area contributed by atoms with Crippen LogP contribution < -0.4 is 0 Å². The molecular weight excluding hydrogens is 166 g/mol. The van der Waals surface area contributed by atoms with Gasteiger partial charge < -0.3 is 4.74 Å². The zero-order valence-electron chi connectivity index (χ0n) is 7.95. The second kappa shape index (κ2) is 3.24. The molecule has 72 valence electrons. The van der Waals surface area contributed by atoms with E-state index in [9.17, 15) is 4.79 Å². The highest BCUT2D eigenvalue weighted by molar-refractivity contribution is 5.87. The van der Waals surface area contributed by atoms with Gasteiger partial charge in [-0.05, 0) is 13.0 Å². The molecule has 2 aliphatic rings. The van der Waals surface area contributed by atoms with Crippen molar-refractivity contribution in [2.24, 2.45) is 5.41 Å². The van der Waals surface area contributed by atoms with Crippen molar-refractivity contribution in [1.82, 2.24) is 4.90 Å². The molecule has 13 heavy (non-hydrogen) atoms. The van der Waals surface area contributed by atoms with Crippen molar-refractivity contribution in [2.75, 3.05) is 32.8 Å². The number of rotatable bonds is 3. The molecule has 3 heteroatoms. The van der Waals surface area contributed by atoms with Crippen LogP contribution in [0.1, 0.15) is 6.92 Å². The van der Waals surface area contributed by atoms with Crippen LogP contribution in [0, 0.1) is 5.41 Å². The van der Waals surface area contributed by atoms with Crippen molar-refractivity contribution >= 4 is 5.78 Å². The molecule has 0 atom stereocenters. The number of ether oxygens (including phenoxy) is 1. The molecule has 0 amide bonds. The maximum absolute atomic E-state index is 10.6. The highest BCUT2D eigenvalue weighted by Gasteiger charge is 2.48. The van der Waals surface area contributed by atoms with E-state index in [1.807, 2.05) is 6.08 Å². The minimum atomic E-state index is 0.127. The summed E-state index contributed by atoms with van der Waals surface area (Å²) in [5.41, 5.74) is 0.490. The van der Waals surface area contributed by atoms with Crippen LogP contribution in [-0.2, 0) is 9.53 Å². The molecule has 0 aromatic rings. The standard InChI is InChI=1S/C10H15NO2/c1-9(12)3-2-4-11-5-10(6-11)7-13-8-10/h2-3H,4-8H2,1H3/b3-2+. The molecule has 0 bridgehead atoms. The topological polar surface area (TPSA) is 29.5 Å². The lowest BCUT2D eigenvalue weighted by atomic mass is 9.78. The van der Waals surface area contributed by atoms with E-state index in [1.54, 1.807) is 13.0 Å². The Morgan fingerprint density at radius 2 is 2.23 bits per heavy atom. The van der Waals surface area contributed by atoms with Crippen LogP contribution in [-0.4, -0.2) is 43.5 Å². The Labute approximate surface area is 78.4 Å². The minimum Gasteiger partial charge on any atom is -0.380 e. The molecule has 1 spiro atoms. The second-order valence-electron chi connectivity index (χ2n) is 4.18. The van der Waals surface area contributed by atoms with Gasteiger partial charge in [0.1, 0.15) is 0 Å². The summed E-state index contributed by atoms with van der Waals surface area (Å²) in [5, 5.41) is 0. The molecule has 0 aliphatic carbocycles. The first kappa shape index (κ1) is 8.91. The van der Waals surface area contributed by atoms with Crippen LogP contribution in [0.2, 0.25) is 0 Å². The predicted molar refractivity (Wildman–Crippen MR) is 49.5 cm³/mol. The maximum Gasteiger partial charge on any atom is 0.152 e. The van der Waals surface area contributed by atoms with Gasteiger partial charge in [-0.25, -0.2) is 0 Å². The highest BCUT2D eigenvalue weighted by atomic mass is 16.5. The number of hydrogen-bond acceptors (Lipinski definition) is 3. The molecule has 2 rings (SSSR count). The lowest BCUT2D eigenvalue weighted by Crippen LogP contribution is -2.65. The summed E-state index contributed by atoms with van der Waals surface area (Å²) in [6.45, 7) is 6.61. The van der Waals surface area contributed by atoms with Gasteiger partial charge in [-0.3, -0.25) is 9.69 Å². The van der Waals surface area contributed by atoms with E-state index in [0.29, 0.717) is 5.41 Å². The molecule has 0 aromatic carbocycles. The van der Waals surface area contributed by atoms with Crippen molar-refractivity contribution in [2.45, 2.75) is 6.92 Å². The summed E-state index contributed by atoms with van der Waals surface area (Å²) in [7, 11) is 0. The zero-order valence-corrected chi connectivity index (χ0v) is 7.95. The Balaban J connectivity index is 1.66. The Morgan fingerprint density at radius 3 is 2.69 bits per heavy atom. The van der Waals surface area contributed by atoms with Crippen molar-refractivity contribution in [3.05, 3.63) is 12.2 Å². The number of ketones is 1. The molecule has 0 N–H and O–H groups in total. The average molecular weight is 181 g/mol. The third-order valence-electron chi connectivity index (χ3n) is 2.65. The van der Waals surface area contributed by atoms with Crippen LogP contribution in [0.15, 0.2) is 12.2 Å². The fourth-order valence-corrected chi connectivity index (χ4v) is 1.97. The van der Waals surface area contributed by atoms with Gasteiger partial charge >= 0.3 is 0 Å². The van der Waals surface area contributed by atoms with Gasteiger partial charge in [0.05, 0.1) is 13.2 Å². The van der Waals surface area contributed by atoms with E-state index in [2.05, 4.69) is 4.90 Å². The molecule has 2 saturated heterocycles. The average Bonchev–Trinajstić information content (AvgIpc) is 1.89. The molecule has 2 aliphatic heterocycles. The third-order valence-corrected chi connectivity index (χ3v) is 2.65. The predicted octanol–water partition coefficient (Wildman–Crippen LogP) is 0.464. The summed E-state index contributed by atoms with van der Waals surface area (Å²) in [4.78, 5) is 12.9. The normalized spacial score (nSPS) is 25.9. The molecule has 0 aromatic heterocycles. The first-order chi connectivity index (χ1) is 6.20. The van der Waals surface area contributed by atoms with E-state index < -0.39 is 0 Å². The van der Waals surface area contributed by atoms with Crippen LogP contribution in [0.3, 0.4) is 0 Å². The van der Waals surface area contributed by atoms with Crippen molar-refractivity contribution in [3.63, 3.8) is 0 Å². The summed E-state index contributed by atoms with van der Waals surface area (Å²) in [6.07, 6.45) is 3.58. The first-order valence-corrected chi connectivity index (χ1v) is 4.67. The molecule has 2 fully saturated rings. The van der Waals surface area contributed by atoms with Crippen molar-refractivity contribution in [1.29, 1.82) is 0 Å². The number of hydrogen-bond donors (Lipinski definition) is 0. The molecule has 3 nitrogen and oxygen atoms in total. The van der Waals surface area contributed by atoms with E-state index in [0.717, 1.165) is 32.8 Å². The summed E-state index contributed by atoms with van der Waals surface area (Å²) in [5.74, 6) is 0.127. The second-order valence-corrected chi connectivity index (χ2v) is 4.18. The van der Waals surface area contributed by atoms with E-state index in [1.165, 1.54) is 0 Å². The van der Waals surface area contributed by atoms with Gasteiger partial charge in [-0.1, -0.05) is 6.08 Å². The monoisotopic (exact) mass is 181 g/mol. The smallest absolute Gasteiger partial charge is 0.152 e. The Kier molecular flexibility index (Phi) is 2.22. The van der Waals surface area contributed by atoms with Crippen LogP contribution in [0.25, 0.3) is 0 Å². The number of likely N-dealkylation sites (tertiary alicyclic amines) is 1. The van der Waals surface area contributed by atoms with E-state index >= 15 is 0 Å². The molecule has 2 heterocycles. The van der Waals surface area contributed by atoms with Gasteiger partial charge in [0.2, 0.25) is 0 Å². The van der Waals surface area contributed by atoms with Gasteiger partial charge in [-0.2, -0.15) is 0 Å². The largest absolute Gasteiger partial charge is 0.380 e. The Morgan fingerprint density at radius 1 is 1.54 bits per heavy atom. The van der Waals surface area contributed by atoms with Crippen LogP contribution in [0.4, 0.5) is 0 Å². The summed E-state index contributed by atoms with van der Waals surface area (Å²) < 4.78 is 5.17. The van der Waals surface area contributed by atoms with Gasteiger partial charge in [0, 0.05) is 25.0 Å². The van der Waals surface area contributed by atoms with Gasteiger partial charge in [-0.15, -0.1) is 0 Å². The minimum absolute atomic E-state index is 0.127. The summed E-state index contributed by atoms with van der Waals surface area (Å²) >= 11 is 0. The van der Waals surface area contributed by atoms with Gasteiger partial charge in [0.25, 0.3) is 0 Å². The molecule has 0 radical (unpaired) electrons. The quantitative estimate of drug-likeness (QED) is 0.592. The molecular formula is C10H15NO2. The number of nitrogens with zero attached hydrogens (tertiary/aromatic N) is 1. The zero-order chi connectivity index (χ0) is 9.31. The summed E-state index contributed by atoms with van der Waals surface area (Å²) in [6, 6.07) is 0. The van der Waals surface area contributed by atoms with Crippen LogP contribution in [0.5, 0.6) is 0 Å². The molecule has 0 saturated carbocycles. The lowest BCUT2D eigenvalue weighted by Gasteiger charge is -2.54. The SMILES string of the molecule is CC(=O)/C=C/CN1CC2(COC2)C1. The van der Waals surface area contributed by atoms with E-state index in [-0.39, 0.29) is 5.78 Å². The lowest BCUT2D eigenvalue weighted by molar-refractivity contribution is -0.186. The van der Waals surface area contributed by atoms with E-state index in [4.69, 9.17) is 4.74 Å². The highest BCUT2D eigenvalue weighted by Crippen LogP contribution is 2.37. The Hall–Kier alpha value is -0.670. The fourth-order valence-electron chi connectivity index (χ4n) is 1.97. The van der Waals surface area contributed by atoms with Crippen molar-refractivity contribution < 1.29 is 9.53 Å². The maximum atomic E-state index is 10.6. The number of carbonyl (C=O) groups is 1. The fraction of sp³-hybridized carbons (Fsp3) is 0.700. The van der Waals surface area contributed by atoms with Crippen LogP contribution >= 0.6 is 0 Å². The number of allylic oxidation sites excluding steroid dienone is 1. The van der Waals surface area contributed by atoms with Crippen molar-refractivity contribution in [3.8, 4) is 0 Å². The van der Waals surface area contributed by atoms with Gasteiger partial charge in [0.15, 0.2) is 5.78 Å². The first-order valence-electron chi connectivity index (χ1n) is 4.67. The Bertz CT molecular complexity index is 235. The number of carbonyl (C=O) groups excluding carboxylic acids is 1. The third kappa shape index (κ3) is 1.81.